The Bertz CT molecular complexity index is 861. The maximum absolute atomic E-state index is 13.5. The Hall–Kier alpha value is -3.14. The highest BCUT2D eigenvalue weighted by Gasteiger charge is 2.18. The zero-order valence-corrected chi connectivity index (χ0v) is 15.0. The molecule has 0 aliphatic rings. The van der Waals surface area contributed by atoms with E-state index in [1.54, 1.807) is 6.07 Å². The summed E-state index contributed by atoms with van der Waals surface area (Å²) >= 11 is 0.937. The number of amides is 1. The Morgan fingerprint density at radius 2 is 2.00 bits per heavy atom. The molecule has 0 radical (unpaired) electrons. The molecule has 2 rings (SSSR count). The summed E-state index contributed by atoms with van der Waals surface area (Å²) in [5.74, 6) is -1.84. The Labute approximate surface area is 157 Å². The van der Waals surface area contributed by atoms with Crippen molar-refractivity contribution in [1.29, 1.82) is 0 Å². The van der Waals surface area contributed by atoms with Crippen LogP contribution in [0.25, 0.3) is 0 Å². The number of hydrogen-bond donors (Lipinski definition) is 1. The SMILES string of the molecule is COc1ccc(NC(=O)COC(=O)CSc2ccccc2F)c([N+](=O)[O-])c1. The van der Waals surface area contributed by atoms with Crippen molar-refractivity contribution in [2.45, 2.75) is 4.90 Å². The van der Waals surface area contributed by atoms with Crippen LogP contribution in [0.4, 0.5) is 15.8 Å². The maximum atomic E-state index is 13.5. The Morgan fingerprint density at radius 3 is 2.67 bits per heavy atom. The van der Waals surface area contributed by atoms with E-state index in [-0.39, 0.29) is 27.8 Å². The van der Waals surface area contributed by atoms with E-state index in [1.165, 1.54) is 37.4 Å². The molecule has 0 saturated heterocycles. The number of nitrogens with zero attached hydrogens (tertiary/aromatic N) is 1. The molecule has 27 heavy (non-hydrogen) atoms. The number of halogens is 1. The van der Waals surface area contributed by atoms with Crippen molar-refractivity contribution in [2.24, 2.45) is 0 Å². The number of nitro groups is 1. The molecule has 2 aromatic carbocycles. The van der Waals surface area contributed by atoms with Gasteiger partial charge in [-0.3, -0.25) is 19.7 Å². The first-order valence-electron chi connectivity index (χ1n) is 7.56. The molecule has 1 amide bonds. The molecule has 1 N–H and O–H groups in total. The summed E-state index contributed by atoms with van der Waals surface area (Å²) in [4.78, 5) is 34.2. The topological polar surface area (TPSA) is 108 Å². The van der Waals surface area contributed by atoms with Crippen molar-refractivity contribution in [3.05, 3.63) is 58.4 Å². The average Bonchev–Trinajstić information content (AvgIpc) is 2.65. The Kier molecular flexibility index (Phi) is 7.12. The number of hydrogen-bond acceptors (Lipinski definition) is 7. The van der Waals surface area contributed by atoms with Crippen molar-refractivity contribution in [3.63, 3.8) is 0 Å². The molecule has 0 atom stereocenters. The molecule has 0 aliphatic carbocycles. The number of nitrogens with one attached hydrogen (secondary N) is 1. The summed E-state index contributed by atoms with van der Waals surface area (Å²) in [7, 11) is 1.36. The van der Waals surface area contributed by atoms with Gasteiger partial charge in [0.2, 0.25) is 0 Å². The molecule has 2 aromatic rings. The fourth-order valence-electron chi connectivity index (χ4n) is 1.97. The van der Waals surface area contributed by atoms with E-state index < -0.39 is 29.2 Å². The van der Waals surface area contributed by atoms with E-state index in [0.717, 1.165) is 17.8 Å². The van der Waals surface area contributed by atoms with Crippen LogP contribution in [-0.2, 0) is 14.3 Å². The van der Waals surface area contributed by atoms with Crippen LogP contribution in [0.2, 0.25) is 0 Å². The van der Waals surface area contributed by atoms with Gasteiger partial charge in [-0.25, -0.2) is 4.39 Å². The lowest BCUT2D eigenvalue weighted by Gasteiger charge is -2.08. The first-order valence-corrected chi connectivity index (χ1v) is 8.54. The average molecular weight is 394 g/mol. The monoisotopic (exact) mass is 394 g/mol. The number of methoxy groups -OCH3 is 1. The highest BCUT2D eigenvalue weighted by Crippen LogP contribution is 2.28. The first-order chi connectivity index (χ1) is 12.9. The summed E-state index contributed by atoms with van der Waals surface area (Å²) in [5, 5.41) is 13.4. The van der Waals surface area contributed by atoms with Gasteiger partial charge >= 0.3 is 5.97 Å². The molecule has 8 nitrogen and oxygen atoms in total. The quantitative estimate of drug-likeness (QED) is 0.317. The highest BCUT2D eigenvalue weighted by atomic mass is 32.2. The number of nitro benzene ring substituents is 1. The number of ether oxygens (including phenoxy) is 2. The molecule has 142 valence electrons. The molecule has 0 fully saturated rings. The molecular weight excluding hydrogens is 379 g/mol. The minimum absolute atomic E-state index is 0.0532. The Morgan fingerprint density at radius 1 is 1.26 bits per heavy atom. The van der Waals surface area contributed by atoms with Gasteiger partial charge in [0.25, 0.3) is 11.6 Å². The van der Waals surface area contributed by atoms with E-state index in [9.17, 15) is 24.1 Å². The number of rotatable bonds is 8. The van der Waals surface area contributed by atoms with Gasteiger partial charge < -0.3 is 14.8 Å². The first kappa shape index (κ1) is 20.2. The minimum atomic E-state index is -0.743. The molecule has 0 spiro atoms. The van der Waals surface area contributed by atoms with Gasteiger partial charge in [0.15, 0.2) is 6.61 Å². The highest BCUT2D eigenvalue weighted by molar-refractivity contribution is 8.00. The van der Waals surface area contributed by atoms with E-state index in [1.807, 2.05) is 0 Å². The molecule has 10 heteroatoms. The van der Waals surface area contributed by atoms with Crippen molar-refractivity contribution >= 4 is 35.0 Å². The number of anilines is 1. The normalized spacial score (nSPS) is 10.1. The predicted octanol–water partition coefficient (Wildman–Crippen LogP) is 3.02. The second-order valence-electron chi connectivity index (χ2n) is 5.07. The van der Waals surface area contributed by atoms with Gasteiger partial charge in [-0.1, -0.05) is 12.1 Å². The molecule has 0 aromatic heterocycles. The third-order valence-electron chi connectivity index (χ3n) is 3.22. The largest absolute Gasteiger partial charge is 0.496 e. The maximum Gasteiger partial charge on any atom is 0.316 e. The van der Waals surface area contributed by atoms with Gasteiger partial charge in [-0.05, 0) is 24.3 Å². The van der Waals surface area contributed by atoms with Crippen LogP contribution < -0.4 is 10.1 Å². The van der Waals surface area contributed by atoms with E-state index >= 15 is 0 Å². The standard InChI is InChI=1S/C17H15FN2O6S/c1-25-11-6-7-13(14(8-11)20(23)24)19-16(21)9-26-17(22)10-27-15-5-3-2-4-12(15)18/h2-8H,9-10H2,1H3,(H,19,21). The van der Waals surface area contributed by atoms with Crippen LogP contribution in [0.3, 0.4) is 0 Å². The predicted molar refractivity (Wildman–Crippen MR) is 96.4 cm³/mol. The number of carbonyl (C=O) groups excluding carboxylic acids is 2. The van der Waals surface area contributed by atoms with Crippen LogP contribution >= 0.6 is 11.8 Å². The van der Waals surface area contributed by atoms with Gasteiger partial charge in [0.1, 0.15) is 17.3 Å². The third-order valence-corrected chi connectivity index (χ3v) is 4.24. The smallest absolute Gasteiger partial charge is 0.316 e. The van der Waals surface area contributed by atoms with Gasteiger partial charge in [0, 0.05) is 4.90 Å². The lowest BCUT2D eigenvalue weighted by atomic mass is 10.2. The van der Waals surface area contributed by atoms with Gasteiger partial charge in [-0.2, -0.15) is 0 Å². The summed E-state index contributed by atoms with van der Waals surface area (Å²) in [5.41, 5.74) is -0.410. The lowest BCUT2D eigenvalue weighted by molar-refractivity contribution is -0.384. The summed E-state index contributed by atoms with van der Waals surface area (Å²) in [6.07, 6.45) is 0. The van der Waals surface area contributed by atoms with Crippen LogP contribution in [0, 0.1) is 15.9 Å². The van der Waals surface area contributed by atoms with Crippen molar-refractivity contribution in [2.75, 3.05) is 24.8 Å². The molecule has 0 bridgehead atoms. The van der Waals surface area contributed by atoms with E-state index in [4.69, 9.17) is 9.47 Å². The molecule has 0 heterocycles. The number of benzene rings is 2. The number of carbonyl (C=O) groups is 2. The molecule has 0 unspecified atom stereocenters. The fourth-order valence-corrected chi connectivity index (χ4v) is 2.71. The van der Waals surface area contributed by atoms with Crippen LogP contribution in [0.1, 0.15) is 0 Å². The van der Waals surface area contributed by atoms with Crippen molar-refractivity contribution in [3.8, 4) is 5.75 Å². The van der Waals surface area contributed by atoms with Gasteiger partial charge in [0.05, 0.1) is 23.9 Å². The van der Waals surface area contributed by atoms with Gasteiger partial charge in [-0.15, -0.1) is 11.8 Å². The minimum Gasteiger partial charge on any atom is -0.496 e. The summed E-state index contributed by atoms with van der Waals surface area (Å²) in [6, 6.07) is 9.86. The Balaban J connectivity index is 1.86. The zero-order valence-electron chi connectivity index (χ0n) is 14.1. The number of esters is 1. The fraction of sp³-hybridized carbons (Fsp3) is 0.176. The third kappa shape index (κ3) is 5.96. The second kappa shape index (κ2) is 9.53. The van der Waals surface area contributed by atoms with Crippen LogP contribution in [0.5, 0.6) is 5.75 Å². The molecule has 0 aliphatic heterocycles. The van der Waals surface area contributed by atoms with E-state index in [2.05, 4.69) is 5.32 Å². The second-order valence-corrected chi connectivity index (χ2v) is 6.09. The molecule has 0 saturated carbocycles. The van der Waals surface area contributed by atoms with Crippen LogP contribution in [0.15, 0.2) is 47.4 Å². The van der Waals surface area contributed by atoms with Crippen LogP contribution in [-0.4, -0.2) is 36.3 Å². The zero-order chi connectivity index (χ0) is 19.8. The summed E-state index contributed by atoms with van der Waals surface area (Å²) in [6.45, 7) is -0.625. The summed E-state index contributed by atoms with van der Waals surface area (Å²) < 4.78 is 23.1. The van der Waals surface area contributed by atoms with E-state index in [0.29, 0.717) is 0 Å². The number of thioether (sulfide) groups is 1. The lowest BCUT2D eigenvalue weighted by Crippen LogP contribution is -2.22. The van der Waals surface area contributed by atoms with Crippen molar-refractivity contribution in [1.82, 2.24) is 0 Å². The molecular formula is C17H15FN2O6S. The van der Waals surface area contributed by atoms with Crippen molar-refractivity contribution < 1.29 is 28.4 Å².